The first-order chi connectivity index (χ1) is 17.5. The Morgan fingerprint density at radius 1 is 1.03 bits per heavy atom. The fraction of sp³-hybridized carbons (Fsp3) is 0.481. The minimum Gasteiger partial charge on any atom is -0.507 e. The van der Waals surface area contributed by atoms with Gasteiger partial charge in [-0.05, 0) is 51.6 Å². The maximum atomic E-state index is 13.4. The van der Waals surface area contributed by atoms with E-state index in [9.17, 15) is 24.3 Å². The van der Waals surface area contributed by atoms with Crippen LogP contribution in [0, 0.1) is 0 Å². The number of phenols is 1. The molecule has 1 heterocycles. The van der Waals surface area contributed by atoms with Gasteiger partial charge in [0.05, 0.1) is 6.61 Å². The summed E-state index contributed by atoms with van der Waals surface area (Å²) in [7, 11) is 0. The highest BCUT2D eigenvalue weighted by Gasteiger charge is 2.31. The Labute approximate surface area is 216 Å². The third-order valence-electron chi connectivity index (χ3n) is 5.88. The van der Waals surface area contributed by atoms with E-state index in [0.29, 0.717) is 23.9 Å². The van der Waals surface area contributed by atoms with Gasteiger partial charge in [-0.3, -0.25) is 14.4 Å². The Morgan fingerprint density at radius 2 is 1.68 bits per heavy atom. The van der Waals surface area contributed by atoms with Crippen molar-refractivity contribution >= 4 is 34.6 Å². The molecule has 200 valence electrons. The van der Waals surface area contributed by atoms with Crippen LogP contribution < -0.4 is 5.32 Å². The van der Waals surface area contributed by atoms with Gasteiger partial charge in [0.1, 0.15) is 17.4 Å². The van der Waals surface area contributed by atoms with Gasteiger partial charge in [-0.25, -0.2) is 4.79 Å². The van der Waals surface area contributed by atoms with Gasteiger partial charge in [-0.15, -0.1) is 0 Å². The topological polar surface area (TPSA) is 125 Å². The minimum absolute atomic E-state index is 0.0388. The number of aromatic hydroxyl groups is 1. The number of benzene rings is 2. The van der Waals surface area contributed by atoms with Crippen LogP contribution in [0.5, 0.6) is 5.75 Å². The number of amides is 3. The summed E-state index contributed by atoms with van der Waals surface area (Å²) in [6, 6.07) is 9.10. The minimum atomic E-state index is -0.997. The lowest BCUT2D eigenvalue weighted by molar-refractivity contribution is -0.155. The van der Waals surface area contributed by atoms with E-state index in [1.54, 1.807) is 62.9 Å². The van der Waals surface area contributed by atoms with Gasteiger partial charge in [0.15, 0.2) is 0 Å². The first-order valence-corrected chi connectivity index (χ1v) is 12.4. The molecule has 0 aromatic heterocycles. The molecular formula is C27H35N3O7. The molecule has 1 atom stereocenters. The summed E-state index contributed by atoms with van der Waals surface area (Å²) in [4.78, 5) is 54.0. The Hall–Kier alpha value is -3.82. The molecule has 1 saturated heterocycles. The van der Waals surface area contributed by atoms with E-state index >= 15 is 0 Å². The fourth-order valence-electron chi connectivity index (χ4n) is 4.12. The maximum absolute atomic E-state index is 13.4. The first kappa shape index (κ1) is 27.8. The van der Waals surface area contributed by atoms with Crippen molar-refractivity contribution in [1.82, 2.24) is 15.1 Å². The van der Waals surface area contributed by atoms with Crippen molar-refractivity contribution in [2.75, 3.05) is 32.8 Å². The molecule has 0 spiro atoms. The molecule has 0 bridgehead atoms. The lowest BCUT2D eigenvalue weighted by atomic mass is 10.0. The van der Waals surface area contributed by atoms with Crippen LogP contribution in [0.15, 0.2) is 36.4 Å². The SMILES string of the molecule is CCOC(=O)N1CCN(C(=O)C(CCC(=O)OC(C)(C)C)NC(=O)c2cc(O)c3ccccc3c2)CC1. The van der Waals surface area contributed by atoms with Gasteiger partial charge in [0.2, 0.25) is 5.91 Å². The number of hydrogen-bond donors (Lipinski definition) is 2. The number of hydrogen-bond acceptors (Lipinski definition) is 7. The molecule has 3 rings (SSSR count). The predicted octanol–water partition coefficient (Wildman–Crippen LogP) is 3.07. The zero-order valence-corrected chi connectivity index (χ0v) is 21.8. The lowest BCUT2D eigenvalue weighted by Crippen LogP contribution is -2.56. The van der Waals surface area contributed by atoms with Crippen LogP contribution in [0.3, 0.4) is 0 Å². The lowest BCUT2D eigenvalue weighted by Gasteiger charge is -2.36. The number of ether oxygens (including phenoxy) is 2. The van der Waals surface area contributed by atoms with E-state index in [1.807, 2.05) is 0 Å². The molecule has 2 N–H and O–H groups in total. The number of nitrogens with one attached hydrogen (secondary N) is 1. The Balaban J connectivity index is 1.74. The van der Waals surface area contributed by atoms with Crippen LogP contribution in [-0.4, -0.2) is 83.2 Å². The van der Waals surface area contributed by atoms with Crippen LogP contribution in [0.2, 0.25) is 0 Å². The quantitative estimate of drug-likeness (QED) is 0.545. The van der Waals surface area contributed by atoms with E-state index in [2.05, 4.69) is 5.32 Å². The van der Waals surface area contributed by atoms with E-state index in [4.69, 9.17) is 9.47 Å². The van der Waals surface area contributed by atoms with Crippen LogP contribution in [0.25, 0.3) is 10.8 Å². The highest BCUT2D eigenvalue weighted by Crippen LogP contribution is 2.26. The summed E-state index contributed by atoms with van der Waals surface area (Å²) in [5.74, 6) is -1.43. The fourth-order valence-corrected chi connectivity index (χ4v) is 4.12. The van der Waals surface area contributed by atoms with Crippen LogP contribution in [0.4, 0.5) is 4.79 Å². The number of fused-ring (bicyclic) bond motifs is 1. The molecule has 37 heavy (non-hydrogen) atoms. The molecule has 2 aromatic carbocycles. The highest BCUT2D eigenvalue weighted by molar-refractivity contribution is 6.02. The average Bonchev–Trinajstić information content (AvgIpc) is 2.85. The summed E-state index contributed by atoms with van der Waals surface area (Å²) in [6.07, 6.45) is -0.461. The third kappa shape index (κ3) is 7.58. The Morgan fingerprint density at radius 3 is 2.32 bits per heavy atom. The second-order valence-electron chi connectivity index (χ2n) is 9.88. The molecular weight excluding hydrogens is 478 g/mol. The van der Waals surface area contributed by atoms with Crippen molar-refractivity contribution in [2.45, 2.75) is 52.2 Å². The summed E-state index contributed by atoms with van der Waals surface area (Å²) >= 11 is 0. The summed E-state index contributed by atoms with van der Waals surface area (Å²) in [5.41, 5.74) is -0.482. The van der Waals surface area contributed by atoms with Gasteiger partial charge in [0, 0.05) is 43.5 Å². The standard InChI is InChI=1S/C27H35N3O7/c1-5-36-26(35)30-14-12-29(13-15-30)25(34)21(10-11-23(32)37-27(2,3)4)28-24(33)19-16-18-8-6-7-9-20(18)22(31)17-19/h6-9,16-17,21,31H,5,10-15H2,1-4H3,(H,28,33). The molecule has 0 aliphatic carbocycles. The predicted molar refractivity (Wildman–Crippen MR) is 137 cm³/mol. The van der Waals surface area contributed by atoms with E-state index in [-0.39, 0.29) is 49.8 Å². The largest absolute Gasteiger partial charge is 0.507 e. The number of esters is 1. The Bertz CT molecular complexity index is 1150. The number of carbonyl (C=O) groups excluding carboxylic acids is 4. The normalized spacial score (nSPS) is 14.7. The van der Waals surface area contributed by atoms with Crippen molar-refractivity contribution < 1.29 is 33.8 Å². The van der Waals surface area contributed by atoms with E-state index < -0.39 is 29.6 Å². The Kier molecular flexibility index (Phi) is 8.96. The van der Waals surface area contributed by atoms with Gasteiger partial charge < -0.3 is 29.7 Å². The molecule has 1 unspecified atom stereocenters. The van der Waals surface area contributed by atoms with Crippen LogP contribution in [-0.2, 0) is 19.1 Å². The van der Waals surface area contributed by atoms with Crippen LogP contribution in [0.1, 0.15) is 50.9 Å². The molecule has 0 radical (unpaired) electrons. The second-order valence-corrected chi connectivity index (χ2v) is 9.88. The molecule has 0 saturated carbocycles. The molecule has 1 fully saturated rings. The summed E-state index contributed by atoms with van der Waals surface area (Å²) < 4.78 is 10.4. The zero-order chi connectivity index (χ0) is 27.2. The molecule has 3 amide bonds. The summed E-state index contributed by atoms with van der Waals surface area (Å²) in [5, 5.41) is 14.4. The number of piperazine rings is 1. The molecule has 1 aliphatic heterocycles. The summed E-state index contributed by atoms with van der Waals surface area (Å²) in [6.45, 7) is 8.40. The number of phenolic OH excluding ortho intramolecular Hbond substituents is 1. The number of carbonyl (C=O) groups is 4. The smallest absolute Gasteiger partial charge is 0.409 e. The zero-order valence-electron chi connectivity index (χ0n) is 21.8. The van der Waals surface area contributed by atoms with E-state index in [0.717, 1.165) is 0 Å². The van der Waals surface area contributed by atoms with E-state index in [1.165, 1.54) is 11.0 Å². The molecule has 10 heteroatoms. The number of rotatable bonds is 7. The van der Waals surface area contributed by atoms with Crippen molar-refractivity contribution in [2.24, 2.45) is 0 Å². The highest BCUT2D eigenvalue weighted by atomic mass is 16.6. The second kappa shape index (κ2) is 11.9. The van der Waals surface area contributed by atoms with Crippen molar-refractivity contribution in [3.8, 4) is 5.75 Å². The average molecular weight is 514 g/mol. The van der Waals surface area contributed by atoms with Crippen molar-refractivity contribution in [1.29, 1.82) is 0 Å². The molecule has 10 nitrogen and oxygen atoms in total. The number of nitrogens with zero attached hydrogens (tertiary/aromatic N) is 2. The van der Waals surface area contributed by atoms with Gasteiger partial charge >= 0.3 is 12.1 Å². The first-order valence-electron chi connectivity index (χ1n) is 12.4. The van der Waals surface area contributed by atoms with Gasteiger partial charge in [0.25, 0.3) is 5.91 Å². The maximum Gasteiger partial charge on any atom is 0.409 e. The van der Waals surface area contributed by atoms with Crippen molar-refractivity contribution in [3.63, 3.8) is 0 Å². The molecule has 1 aliphatic rings. The van der Waals surface area contributed by atoms with Gasteiger partial charge in [-0.1, -0.05) is 24.3 Å². The van der Waals surface area contributed by atoms with Crippen molar-refractivity contribution in [3.05, 3.63) is 42.0 Å². The third-order valence-corrected chi connectivity index (χ3v) is 5.88. The van der Waals surface area contributed by atoms with Gasteiger partial charge in [-0.2, -0.15) is 0 Å². The molecule has 2 aromatic rings. The monoisotopic (exact) mass is 513 g/mol. The van der Waals surface area contributed by atoms with Crippen LogP contribution >= 0.6 is 0 Å².